The molecule has 5 aromatic carbocycles. The summed E-state index contributed by atoms with van der Waals surface area (Å²) in [6.07, 6.45) is 10.9. The summed E-state index contributed by atoms with van der Waals surface area (Å²) in [5.41, 5.74) is 19.7. The molecule has 3 aliphatic rings. The molecule has 3 nitrogen and oxygen atoms in total. The van der Waals surface area contributed by atoms with Gasteiger partial charge in [-0.1, -0.05) is 152 Å². The Kier molecular flexibility index (Phi) is 6.39. The third-order valence-corrected chi connectivity index (χ3v) is 9.12. The molecule has 0 saturated heterocycles. The van der Waals surface area contributed by atoms with E-state index >= 15 is 0 Å². The van der Waals surface area contributed by atoms with E-state index in [9.17, 15) is 0 Å². The molecule has 0 aliphatic heterocycles. The molecule has 0 aromatic heterocycles. The lowest BCUT2D eigenvalue weighted by molar-refractivity contribution is 0.793. The van der Waals surface area contributed by atoms with Crippen molar-refractivity contribution in [3.05, 3.63) is 197 Å². The SMILES string of the molecule is C=C(N=C(N=C(N)C1=CCC=CC=C1)c1ccccc1)c1ccc2c(c1)C1(c3ccccc3-c3ccccc31)c1ccccc1-2. The van der Waals surface area contributed by atoms with Gasteiger partial charge in [-0.15, -0.1) is 0 Å². The second-order valence-electron chi connectivity index (χ2n) is 11.6. The van der Waals surface area contributed by atoms with E-state index in [1.165, 1.54) is 44.5 Å². The van der Waals surface area contributed by atoms with Crippen LogP contribution in [-0.4, -0.2) is 11.7 Å². The van der Waals surface area contributed by atoms with E-state index in [-0.39, 0.29) is 0 Å². The van der Waals surface area contributed by atoms with Crippen molar-refractivity contribution in [2.75, 3.05) is 0 Å². The van der Waals surface area contributed by atoms with Gasteiger partial charge >= 0.3 is 0 Å². The number of allylic oxidation sites excluding steroid dienone is 4. The predicted molar refractivity (Wildman–Crippen MR) is 187 cm³/mol. The fourth-order valence-corrected chi connectivity index (χ4v) is 7.16. The number of amidine groups is 2. The highest BCUT2D eigenvalue weighted by atomic mass is 15.0. The molecule has 214 valence electrons. The first-order valence-corrected chi connectivity index (χ1v) is 15.3. The van der Waals surface area contributed by atoms with Gasteiger partial charge < -0.3 is 5.73 Å². The molecule has 0 heterocycles. The Morgan fingerprint density at radius 1 is 0.600 bits per heavy atom. The van der Waals surface area contributed by atoms with Crippen molar-refractivity contribution in [2.45, 2.75) is 11.8 Å². The molecule has 3 aliphatic carbocycles. The average molecular weight is 578 g/mol. The summed E-state index contributed by atoms with van der Waals surface area (Å²) >= 11 is 0. The summed E-state index contributed by atoms with van der Waals surface area (Å²) in [5.74, 6) is 0.951. The van der Waals surface area contributed by atoms with Crippen LogP contribution in [0.25, 0.3) is 28.0 Å². The zero-order valence-corrected chi connectivity index (χ0v) is 24.8. The maximum atomic E-state index is 6.55. The number of aliphatic imine (C=N–C) groups is 2. The van der Waals surface area contributed by atoms with Crippen molar-refractivity contribution in [3.8, 4) is 22.3 Å². The van der Waals surface area contributed by atoms with E-state index in [1.807, 2.05) is 48.6 Å². The fraction of sp³-hybridized carbons (Fsp3) is 0.0476. The quantitative estimate of drug-likeness (QED) is 0.165. The molecule has 45 heavy (non-hydrogen) atoms. The molecule has 0 atom stereocenters. The summed E-state index contributed by atoms with van der Waals surface area (Å²) in [5, 5.41) is 0. The number of rotatable bonds is 4. The number of hydrogen-bond acceptors (Lipinski definition) is 1. The second kappa shape index (κ2) is 10.7. The van der Waals surface area contributed by atoms with E-state index in [2.05, 4.69) is 110 Å². The largest absolute Gasteiger partial charge is 0.383 e. The van der Waals surface area contributed by atoms with Crippen LogP contribution in [0.3, 0.4) is 0 Å². The monoisotopic (exact) mass is 577 g/mol. The van der Waals surface area contributed by atoms with Gasteiger partial charge in [0, 0.05) is 11.1 Å². The molecule has 3 heteroatoms. The summed E-state index contributed by atoms with van der Waals surface area (Å²) < 4.78 is 0. The summed E-state index contributed by atoms with van der Waals surface area (Å²) in [4.78, 5) is 9.89. The highest BCUT2D eigenvalue weighted by molar-refractivity contribution is 6.13. The minimum atomic E-state index is -0.420. The van der Waals surface area contributed by atoms with Crippen molar-refractivity contribution in [3.63, 3.8) is 0 Å². The highest BCUT2D eigenvalue weighted by Gasteiger charge is 2.51. The predicted octanol–water partition coefficient (Wildman–Crippen LogP) is 9.25. The van der Waals surface area contributed by atoms with Gasteiger partial charge in [0.2, 0.25) is 0 Å². The topological polar surface area (TPSA) is 50.7 Å². The number of benzene rings is 5. The number of fused-ring (bicyclic) bond motifs is 10. The lowest BCUT2D eigenvalue weighted by Gasteiger charge is -2.30. The molecule has 0 fully saturated rings. The van der Waals surface area contributed by atoms with Gasteiger partial charge in [-0.05, 0) is 62.6 Å². The minimum absolute atomic E-state index is 0.420. The molecule has 0 unspecified atom stereocenters. The Labute approximate surface area is 263 Å². The van der Waals surface area contributed by atoms with Crippen LogP contribution in [0.15, 0.2) is 174 Å². The van der Waals surface area contributed by atoms with Crippen LogP contribution < -0.4 is 5.73 Å². The van der Waals surface area contributed by atoms with E-state index in [0.29, 0.717) is 17.4 Å². The summed E-state index contributed by atoms with van der Waals surface area (Å²) in [6, 6.07) is 43.1. The molecule has 0 bridgehead atoms. The van der Waals surface area contributed by atoms with Crippen LogP contribution in [0.2, 0.25) is 0 Å². The van der Waals surface area contributed by atoms with Gasteiger partial charge in [0.15, 0.2) is 5.84 Å². The summed E-state index contributed by atoms with van der Waals surface area (Å²) in [6.45, 7) is 4.47. The van der Waals surface area contributed by atoms with Crippen molar-refractivity contribution in [1.82, 2.24) is 0 Å². The molecule has 5 aromatic rings. The zero-order valence-electron chi connectivity index (χ0n) is 24.8. The highest BCUT2D eigenvalue weighted by Crippen LogP contribution is 2.62. The normalized spacial score (nSPS) is 15.6. The third kappa shape index (κ3) is 4.20. The van der Waals surface area contributed by atoms with Crippen molar-refractivity contribution < 1.29 is 0 Å². The number of nitrogens with two attached hydrogens (primary N) is 1. The van der Waals surface area contributed by atoms with Gasteiger partial charge in [-0.2, -0.15) is 0 Å². The molecular formula is C42H31N3. The summed E-state index contributed by atoms with van der Waals surface area (Å²) in [7, 11) is 0. The molecule has 1 spiro atoms. The Morgan fingerprint density at radius 3 is 1.82 bits per heavy atom. The van der Waals surface area contributed by atoms with Crippen LogP contribution in [0, 0.1) is 0 Å². The lowest BCUT2D eigenvalue weighted by Crippen LogP contribution is -2.25. The van der Waals surface area contributed by atoms with Crippen LogP contribution in [0.5, 0.6) is 0 Å². The Bertz CT molecular complexity index is 2090. The smallest absolute Gasteiger partial charge is 0.162 e. The first-order chi connectivity index (χ1) is 22.2. The maximum absolute atomic E-state index is 6.55. The van der Waals surface area contributed by atoms with E-state index in [0.717, 1.165) is 23.1 Å². The van der Waals surface area contributed by atoms with Crippen molar-refractivity contribution in [2.24, 2.45) is 15.7 Å². The molecule has 0 saturated carbocycles. The number of nitrogens with zero attached hydrogens (tertiary/aromatic N) is 2. The van der Waals surface area contributed by atoms with E-state index in [1.54, 1.807) is 0 Å². The van der Waals surface area contributed by atoms with Crippen LogP contribution in [-0.2, 0) is 5.41 Å². The minimum Gasteiger partial charge on any atom is -0.383 e. The standard InChI is InChI=1S/C42H31N3/c1-28(44-41(30-17-7-4-8-18-30)45-40(43)29-15-5-2-3-6-16-29)31-25-26-35-34-21-11-14-24-38(34)42(39(35)27-31)36-22-12-9-19-32(36)33-20-10-13-23-37(33)42/h2-5,7-27H,1,6H2,(H2,43,44,45). The average Bonchev–Trinajstić information content (AvgIpc) is 3.37. The first-order valence-electron chi connectivity index (χ1n) is 15.3. The molecular weight excluding hydrogens is 546 g/mol. The lowest BCUT2D eigenvalue weighted by atomic mass is 9.70. The number of hydrogen-bond donors (Lipinski definition) is 1. The Hall–Kier alpha value is -5.80. The van der Waals surface area contributed by atoms with Crippen molar-refractivity contribution >= 4 is 17.4 Å². The van der Waals surface area contributed by atoms with Gasteiger partial charge in [0.05, 0.1) is 11.1 Å². The van der Waals surface area contributed by atoms with Gasteiger partial charge in [-0.3, -0.25) is 0 Å². The van der Waals surface area contributed by atoms with Gasteiger partial charge in [0.25, 0.3) is 0 Å². The van der Waals surface area contributed by atoms with E-state index < -0.39 is 5.41 Å². The van der Waals surface area contributed by atoms with E-state index in [4.69, 9.17) is 15.7 Å². The Morgan fingerprint density at radius 2 is 1.18 bits per heavy atom. The first kappa shape index (κ1) is 26.8. The van der Waals surface area contributed by atoms with Gasteiger partial charge in [0.1, 0.15) is 5.84 Å². The molecule has 0 radical (unpaired) electrons. The maximum Gasteiger partial charge on any atom is 0.162 e. The third-order valence-electron chi connectivity index (χ3n) is 9.12. The van der Waals surface area contributed by atoms with Crippen LogP contribution >= 0.6 is 0 Å². The second-order valence-corrected chi connectivity index (χ2v) is 11.6. The van der Waals surface area contributed by atoms with Crippen LogP contribution in [0.4, 0.5) is 0 Å². The van der Waals surface area contributed by atoms with Crippen molar-refractivity contribution in [1.29, 1.82) is 0 Å². The zero-order chi connectivity index (χ0) is 30.4. The fourth-order valence-electron chi connectivity index (χ4n) is 7.16. The molecule has 2 N–H and O–H groups in total. The van der Waals surface area contributed by atoms with Gasteiger partial charge in [-0.25, -0.2) is 9.98 Å². The Balaban J connectivity index is 1.30. The molecule has 8 rings (SSSR count). The molecule has 0 amide bonds. The van der Waals surface area contributed by atoms with Crippen LogP contribution in [0.1, 0.15) is 39.8 Å².